The molecule has 1 aromatic heterocycles. The van der Waals surface area contributed by atoms with Crippen molar-refractivity contribution < 1.29 is 9.31 Å². The van der Waals surface area contributed by atoms with E-state index in [2.05, 4.69) is 17.2 Å². The maximum Gasteiger partial charge on any atom is 0.498 e. The van der Waals surface area contributed by atoms with Crippen molar-refractivity contribution in [3.63, 3.8) is 0 Å². The van der Waals surface area contributed by atoms with Gasteiger partial charge in [-0.2, -0.15) is 15.6 Å². The SMILES string of the molecule is Cc1nn([C@]2(CC#N)C[C@H](C#N)C2)cc1B1OC(C)(C)C(C)(C)O1. The molecule has 7 heteroatoms. The van der Waals surface area contributed by atoms with Crippen LogP contribution >= 0.6 is 0 Å². The smallest absolute Gasteiger partial charge is 0.399 e. The quantitative estimate of drug-likeness (QED) is 0.794. The summed E-state index contributed by atoms with van der Waals surface area (Å²) >= 11 is 0. The second-order valence-electron chi connectivity index (χ2n) is 8.00. The van der Waals surface area contributed by atoms with Crippen molar-refractivity contribution >= 4 is 12.6 Å². The van der Waals surface area contributed by atoms with E-state index in [1.165, 1.54) is 0 Å². The van der Waals surface area contributed by atoms with Gasteiger partial charge in [0, 0.05) is 11.7 Å². The highest BCUT2D eigenvalue weighted by atomic mass is 16.7. The fourth-order valence-corrected chi connectivity index (χ4v) is 3.43. The molecule has 2 heterocycles. The molecule has 0 aromatic carbocycles. The van der Waals surface area contributed by atoms with Crippen LogP contribution in [0, 0.1) is 35.5 Å². The van der Waals surface area contributed by atoms with Gasteiger partial charge in [-0.15, -0.1) is 0 Å². The third-order valence-corrected chi connectivity index (χ3v) is 5.77. The van der Waals surface area contributed by atoms with Crippen LogP contribution in [0.15, 0.2) is 6.20 Å². The summed E-state index contributed by atoms with van der Waals surface area (Å²) in [5.74, 6) is 0.00292. The molecule has 3 rings (SSSR count). The third-order valence-electron chi connectivity index (χ3n) is 5.77. The first-order valence-corrected chi connectivity index (χ1v) is 8.33. The predicted molar refractivity (Wildman–Crippen MR) is 89.2 cm³/mol. The number of aryl methyl sites for hydroxylation is 1. The van der Waals surface area contributed by atoms with Gasteiger partial charge in [-0.05, 0) is 47.5 Å². The highest BCUT2D eigenvalue weighted by Crippen LogP contribution is 2.45. The van der Waals surface area contributed by atoms with Crippen LogP contribution < -0.4 is 5.46 Å². The molecule has 0 unspecified atom stereocenters. The lowest BCUT2D eigenvalue weighted by Gasteiger charge is -2.43. The van der Waals surface area contributed by atoms with Crippen LogP contribution in [0.5, 0.6) is 0 Å². The fraction of sp³-hybridized carbons (Fsp3) is 0.706. The summed E-state index contributed by atoms with van der Waals surface area (Å²) in [7, 11) is -0.463. The van der Waals surface area contributed by atoms with Crippen LogP contribution in [0.4, 0.5) is 0 Å². The van der Waals surface area contributed by atoms with E-state index < -0.39 is 18.3 Å². The summed E-state index contributed by atoms with van der Waals surface area (Å²) in [6.45, 7) is 10.0. The van der Waals surface area contributed by atoms with E-state index in [0.29, 0.717) is 19.3 Å². The van der Waals surface area contributed by atoms with E-state index in [1.54, 1.807) is 0 Å². The van der Waals surface area contributed by atoms with Gasteiger partial charge in [-0.1, -0.05) is 0 Å². The van der Waals surface area contributed by atoms with E-state index in [4.69, 9.17) is 14.6 Å². The van der Waals surface area contributed by atoms with Gasteiger partial charge in [-0.3, -0.25) is 4.68 Å². The Hall–Kier alpha value is -1.83. The van der Waals surface area contributed by atoms with Crippen molar-refractivity contribution in [1.29, 1.82) is 10.5 Å². The highest BCUT2D eigenvalue weighted by Gasteiger charge is 2.53. The number of hydrogen-bond donors (Lipinski definition) is 0. The Morgan fingerprint density at radius 2 is 1.83 bits per heavy atom. The van der Waals surface area contributed by atoms with Crippen LogP contribution in [0.1, 0.15) is 52.7 Å². The van der Waals surface area contributed by atoms with Crippen molar-refractivity contribution in [3.8, 4) is 12.1 Å². The van der Waals surface area contributed by atoms with Gasteiger partial charge < -0.3 is 9.31 Å². The van der Waals surface area contributed by atoms with Gasteiger partial charge in [-0.25, -0.2) is 0 Å². The molecular formula is C17H23BN4O2. The van der Waals surface area contributed by atoms with Crippen molar-refractivity contribution in [1.82, 2.24) is 9.78 Å². The molecule has 2 fully saturated rings. The number of nitrogens with zero attached hydrogens (tertiary/aromatic N) is 4. The largest absolute Gasteiger partial charge is 0.498 e. The van der Waals surface area contributed by atoms with Crippen LogP contribution in [0.2, 0.25) is 0 Å². The minimum atomic E-state index is -0.463. The Morgan fingerprint density at radius 3 is 2.33 bits per heavy atom. The number of hydrogen-bond acceptors (Lipinski definition) is 5. The van der Waals surface area contributed by atoms with Crippen molar-refractivity contribution in [2.45, 2.75) is 70.6 Å². The fourth-order valence-electron chi connectivity index (χ4n) is 3.43. The lowest BCUT2D eigenvalue weighted by Crippen LogP contribution is -2.46. The summed E-state index contributed by atoms with van der Waals surface area (Å²) in [5.41, 5.74) is 0.553. The van der Waals surface area contributed by atoms with Gasteiger partial charge >= 0.3 is 7.12 Å². The topological polar surface area (TPSA) is 83.9 Å². The predicted octanol–water partition coefficient (Wildman–Crippen LogP) is 2.03. The Morgan fingerprint density at radius 1 is 1.25 bits per heavy atom. The molecule has 1 aliphatic heterocycles. The third kappa shape index (κ3) is 2.44. The minimum absolute atomic E-state index is 0.00292. The van der Waals surface area contributed by atoms with Gasteiger partial charge in [0.05, 0.1) is 46.9 Å². The molecule has 6 nitrogen and oxygen atoms in total. The van der Waals surface area contributed by atoms with E-state index in [9.17, 15) is 5.26 Å². The van der Waals surface area contributed by atoms with Crippen molar-refractivity contribution in [2.75, 3.05) is 0 Å². The molecule has 0 N–H and O–H groups in total. The lowest BCUT2D eigenvalue weighted by atomic mass is 9.67. The molecule has 1 saturated heterocycles. The standard InChI is InChI=1S/C17H23BN4O2/c1-12-14(18-23-15(2,3)16(4,5)24-18)11-22(21-12)17(6-7-19)8-13(9-17)10-20/h11,13H,6,8-9H2,1-5H3/t13-,17+. The lowest BCUT2D eigenvalue weighted by molar-refractivity contribution is 0.00578. The monoisotopic (exact) mass is 326 g/mol. The van der Waals surface area contributed by atoms with Gasteiger partial charge in [0.2, 0.25) is 0 Å². The Labute approximate surface area is 143 Å². The highest BCUT2D eigenvalue weighted by molar-refractivity contribution is 6.62. The number of aromatic nitrogens is 2. The summed E-state index contributed by atoms with van der Waals surface area (Å²) in [5, 5.41) is 22.9. The second kappa shape index (κ2) is 5.34. The van der Waals surface area contributed by atoms with Gasteiger partial charge in [0.1, 0.15) is 0 Å². The van der Waals surface area contributed by atoms with Crippen LogP contribution in [-0.2, 0) is 14.8 Å². The molecule has 0 amide bonds. The normalized spacial score (nSPS) is 30.5. The zero-order chi connectivity index (χ0) is 17.8. The van der Waals surface area contributed by atoms with E-state index >= 15 is 0 Å². The Kier molecular flexibility index (Phi) is 3.79. The molecule has 0 bridgehead atoms. The maximum absolute atomic E-state index is 9.19. The van der Waals surface area contributed by atoms with Crippen LogP contribution in [0.25, 0.3) is 0 Å². The van der Waals surface area contributed by atoms with Gasteiger partial charge in [0.25, 0.3) is 0 Å². The molecule has 1 saturated carbocycles. The van der Waals surface area contributed by atoms with E-state index in [1.807, 2.05) is 45.5 Å². The first-order chi connectivity index (χ1) is 11.1. The molecule has 0 spiro atoms. The Balaban J connectivity index is 1.89. The molecule has 2 aliphatic rings. The number of nitriles is 2. The molecule has 0 radical (unpaired) electrons. The molecular weight excluding hydrogens is 303 g/mol. The van der Waals surface area contributed by atoms with Crippen molar-refractivity contribution in [2.24, 2.45) is 5.92 Å². The summed E-state index contributed by atoms with van der Waals surface area (Å²) < 4.78 is 14.1. The first kappa shape index (κ1) is 17.0. The average molecular weight is 326 g/mol. The minimum Gasteiger partial charge on any atom is -0.399 e. The summed E-state index contributed by atoms with van der Waals surface area (Å²) in [6.07, 6.45) is 3.62. The summed E-state index contributed by atoms with van der Waals surface area (Å²) in [4.78, 5) is 0. The average Bonchev–Trinajstić information content (AvgIpc) is 2.92. The molecule has 24 heavy (non-hydrogen) atoms. The number of rotatable bonds is 3. The molecule has 0 atom stereocenters. The van der Waals surface area contributed by atoms with E-state index in [-0.39, 0.29) is 11.5 Å². The first-order valence-electron chi connectivity index (χ1n) is 8.33. The van der Waals surface area contributed by atoms with Crippen molar-refractivity contribution in [3.05, 3.63) is 11.9 Å². The molecule has 1 aliphatic carbocycles. The Bertz CT molecular complexity index is 719. The summed E-state index contributed by atoms with van der Waals surface area (Å²) in [6, 6.07) is 4.53. The van der Waals surface area contributed by atoms with Crippen LogP contribution in [-0.4, -0.2) is 28.1 Å². The van der Waals surface area contributed by atoms with Crippen LogP contribution in [0.3, 0.4) is 0 Å². The zero-order valence-corrected chi connectivity index (χ0v) is 15.0. The second-order valence-corrected chi connectivity index (χ2v) is 8.00. The van der Waals surface area contributed by atoms with E-state index in [0.717, 1.165) is 11.2 Å². The molecule has 126 valence electrons. The zero-order valence-electron chi connectivity index (χ0n) is 15.0. The maximum atomic E-state index is 9.19. The van der Waals surface area contributed by atoms with Gasteiger partial charge in [0.15, 0.2) is 0 Å². The molecule has 1 aromatic rings.